The summed E-state index contributed by atoms with van der Waals surface area (Å²) < 4.78 is 5.64. The Morgan fingerprint density at radius 2 is 2.26 bits per heavy atom. The SMILES string of the molecule is CC(C)c1ccc2[nH]c3nc(SCC4CCCO4)nnc3c2c1. The number of hydrogen-bond acceptors (Lipinski definition) is 5. The summed E-state index contributed by atoms with van der Waals surface area (Å²) in [6, 6.07) is 6.45. The molecule has 0 saturated carbocycles. The molecular weight excluding hydrogens is 308 g/mol. The highest BCUT2D eigenvalue weighted by Crippen LogP contribution is 2.27. The fourth-order valence-corrected chi connectivity index (χ4v) is 3.79. The van der Waals surface area contributed by atoms with Crippen LogP contribution in [0.15, 0.2) is 23.4 Å². The zero-order valence-corrected chi connectivity index (χ0v) is 14.2. The predicted molar refractivity (Wildman–Crippen MR) is 93.0 cm³/mol. The van der Waals surface area contributed by atoms with E-state index in [1.807, 2.05) is 0 Å². The summed E-state index contributed by atoms with van der Waals surface area (Å²) in [6.45, 7) is 5.27. The first-order valence-electron chi connectivity index (χ1n) is 8.11. The normalized spacial score (nSPS) is 18.5. The second kappa shape index (κ2) is 6.09. The molecule has 0 aliphatic carbocycles. The first kappa shape index (κ1) is 14.9. The highest BCUT2D eigenvalue weighted by molar-refractivity contribution is 7.99. The van der Waals surface area contributed by atoms with Crippen molar-refractivity contribution in [1.82, 2.24) is 20.2 Å². The second-order valence-electron chi connectivity index (χ2n) is 6.32. The zero-order valence-electron chi connectivity index (χ0n) is 13.4. The molecule has 0 radical (unpaired) electrons. The predicted octanol–water partition coefficient (Wildman–Crippen LogP) is 3.90. The maximum atomic E-state index is 5.64. The molecule has 1 N–H and O–H groups in total. The average Bonchev–Trinajstić information content (AvgIpc) is 3.19. The minimum Gasteiger partial charge on any atom is -0.377 e. The Morgan fingerprint density at radius 3 is 3.04 bits per heavy atom. The van der Waals surface area contributed by atoms with E-state index in [0.717, 1.165) is 47.3 Å². The molecule has 5 nitrogen and oxygen atoms in total. The Balaban J connectivity index is 1.64. The molecule has 0 bridgehead atoms. The van der Waals surface area contributed by atoms with Crippen molar-refractivity contribution in [3.63, 3.8) is 0 Å². The molecule has 6 heteroatoms. The maximum absolute atomic E-state index is 5.64. The fraction of sp³-hybridized carbons (Fsp3) is 0.471. The van der Waals surface area contributed by atoms with Crippen LogP contribution in [0.4, 0.5) is 0 Å². The Bertz CT molecular complexity index is 839. The van der Waals surface area contributed by atoms with E-state index in [-0.39, 0.29) is 0 Å². The Morgan fingerprint density at radius 1 is 1.35 bits per heavy atom. The van der Waals surface area contributed by atoms with Crippen molar-refractivity contribution in [2.75, 3.05) is 12.4 Å². The lowest BCUT2D eigenvalue weighted by atomic mass is 10.0. The minimum absolute atomic E-state index is 0.329. The molecule has 120 valence electrons. The molecule has 1 saturated heterocycles. The monoisotopic (exact) mass is 328 g/mol. The Kier molecular flexibility index (Phi) is 3.95. The molecule has 1 atom stereocenters. The van der Waals surface area contributed by atoms with Crippen molar-refractivity contribution in [3.05, 3.63) is 23.8 Å². The number of aromatic amines is 1. The quantitative estimate of drug-likeness (QED) is 0.736. The van der Waals surface area contributed by atoms with E-state index in [4.69, 9.17) is 4.74 Å². The van der Waals surface area contributed by atoms with E-state index in [1.165, 1.54) is 5.56 Å². The summed E-state index contributed by atoms with van der Waals surface area (Å²) in [7, 11) is 0. The van der Waals surface area contributed by atoms with E-state index in [0.29, 0.717) is 17.2 Å². The standard InChI is InChI=1S/C17H20N4OS/c1-10(2)11-5-6-14-13(8-11)15-16(18-14)19-17(21-20-15)23-9-12-4-3-7-22-12/h5-6,8,10,12H,3-4,7,9H2,1-2H3,(H,18,19,21). The lowest BCUT2D eigenvalue weighted by Crippen LogP contribution is -2.08. The summed E-state index contributed by atoms with van der Waals surface area (Å²) in [5.41, 5.74) is 4.03. The fourth-order valence-electron chi connectivity index (χ4n) is 2.94. The van der Waals surface area contributed by atoms with Crippen LogP contribution in [0.2, 0.25) is 0 Å². The number of nitrogens with one attached hydrogen (secondary N) is 1. The number of nitrogens with zero attached hydrogens (tertiary/aromatic N) is 3. The summed E-state index contributed by atoms with van der Waals surface area (Å²) >= 11 is 1.62. The van der Waals surface area contributed by atoms with Crippen LogP contribution in [0.25, 0.3) is 22.1 Å². The van der Waals surface area contributed by atoms with Gasteiger partial charge < -0.3 is 9.72 Å². The van der Waals surface area contributed by atoms with Gasteiger partial charge in [-0.2, -0.15) is 0 Å². The number of aromatic nitrogens is 4. The van der Waals surface area contributed by atoms with Gasteiger partial charge in [0.1, 0.15) is 5.52 Å². The highest BCUT2D eigenvalue weighted by atomic mass is 32.2. The van der Waals surface area contributed by atoms with Crippen molar-refractivity contribution in [3.8, 4) is 0 Å². The average molecular weight is 328 g/mol. The third-order valence-electron chi connectivity index (χ3n) is 4.31. The molecule has 23 heavy (non-hydrogen) atoms. The van der Waals surface area contributed by atoms with E-state index >= 15 is 0 Å². The van der Waals surface area contributed by atoms with Gasteiger partial charge >= 0.3 is 0 Å². The van der Waals surface area contributed by atoms with Gasteiger partial charge in [-0.05, 0) is 36.5 Å². The van der Waals surface area contributed by atoms with Crippen molar-refractivity contribution >= 4 is 33.8 Å². The third-order valence-corrected chi connectivity index (χ3v) is 5.28. The van der Waals surface area contributed by atoms with Gasteiger partial charge in [0.2, 0.25) is 5.16 Å². The zero-order chi connectivity index (χ0) is 15.8. The summed E-state index contributed by atoms with van der Waals surface area (Å²) in [6.07, 6.45) is 2.62. The van der Waals surface area contributed by atoms with E-state index in [9.17, 15) is 0 Å². The molecule has 0 amide bonds. The van der Waals surface area contributed by atoms with Crippen molar-refractivity contribution in [2.45, 2.75) is 43.9 Å². The number of H-pyrrole nitrogens is 1. The van der Waals surface area contributed by atoms with Gasteiger partial charge in [-0.1, -0.05) is 31.7 Å². The van der Waals surface area contributed by atoms with Gasteiger partial charge in [0, 0.05) is 23.3 Å². The molecule has 1 unspecified atom stereocenters. The summed E-state index contributed by atoms with van der Waals surface area (Å²) in [5.74, 6) is 1.39. The van der Waals surface area contributed by atoms with Gasteiger partial charge in [0.15, 0.2) is 5.65 Å². The topological polar surface area (TPSA) is 63.7 Å². The Labute approximate surface area is 139 Å². The van der Waals surface area contributed by atoms with Crippen LogP contribution < -0.4 is 0 Å². The molecule has 3 aromatic rings. The van der Waals surface area contributed by atoms with Crippen molar-refractivity contribution < 1.29 is 4.74 Å². The van der Waals surface area contributed by atoms with Crippen molar-refractivity contribution in [2.24, 2.45) is 0 Å². The molecule has 1 aliphatic rings. The van der Waals surface area contributed by atoms with Gasteiger partial charge in [-0.3, -0.25) is 0 Å². The molecular formula is C17H20N4OS. The van der Waals surface area contributed by atoms with E-state index < -0.39 is 0 Å². The van der Waals surface area contributed by atoms with Crippen LogP contribution in [0.1, 0.15) is 38.2 Å². The number of ether oxygens (including phenoxy) is 1. The number of hydrogen-bond donors (Lipinski definition) is 1. The first-order valence-corrected chi connectivity index (χ1v) is 9.10. The molecule has 1 fully saturated rings. The highest BCUT2D eigenvalue weighted by Gasteiger charge is 2.17. The van der Waals surface area contributed by atoms with Crippen LogP contribution in [-0.4, -0.2) is 38.6 Å². The molecule has 1 aromatic carbocycles. The first-order chi connectivity index (χ1) is 11.2. The number of thioether (sulfide) groups is 1. The molecule has 1 aliphatic heterocycles. The van der Waals surface area contributed by atoms with E-state index in [1.54, 1.807) is 11.8 Å². The summed E-state index contributed by atoms with van der Waals surface area (Å²) in [5, 5.41) is 10.5. The van der Waals surface area contributed by atoms with Crippen LogP contribution in [0, 0.1) is 0 Å². The summed E-state index contributed by atoms with van der Waals surface area (Å²) in [4.78, 5) is 7.98. The minimum atomic E-state index is 0.329. The smallest absolute Gasteiger partial charge is 0.211 e. The number of benzene rings is 1. The molecule has 2 aromatic heterocycles. The van der Waals surface area contributed by atoms with Gasteiger partial charge in [0.25, 0.3) is 0 Å². The third kappa shape index (κ3) is 2.93. The second-order valence-corrected chi connectivity index (χ2v) is 7.31. The van der Waals surface area contributed by atoms with Gasteiger partial charge in [0.05, 0.1) is 6.10 Å². The van der Waals surface area contributed by atoms with Crippen LogP contribution in [0.3, 0.4) is 0 Å². The Hall–Kier alpha value is -1.66. The lowest BCUT2D eigenvalue weighted by Gasteiger charge is -2.06. The van der Waals surface area contributed by atoms with Gasteiger partial charge in [-0.15, -0.1) is 10.2 Å². The molecule has 0 spiro atoms. The van der Waals surface area contributed by atoms with Crippen LogP contribution in [0.5, 0.6) is 0 Å². The lowest BCUT2D eigenvalue weighted by molar-refractivity contribution is 0.129. The van der Waals surface area contributed by atoms with Crippen LogP contribution >= 0.6 is 11.8 Å². The van der Waals surface area contributed by atoms with Crippen LogP contribution in [-0.2, 0) is 4.74 Å². The largest absolute Gasteiger partial charge is 0.377 e. The number of rotatable bonds is 4. The maximum Gasteiger partial charge on any atom is 0.211 e. The van der Waals surface area contributed by atoms with Crippen molar-refractivity contribution in [1.29, 1.82) is 0 Å². The number of fused-ring (bicyclic) bond motifs is 3. The van der Waals surface area contributed by atoms with Gasteiger partial charge in [-0.25, -0.2) is 4.98 Å². The molecule has 4 rings (SSSR count). The molecule has 3 heterocycles. The van der Waals surface area contributed by atoms with E-state index in [2.05, 4.69) is 52.2 Å².